The van der Waals surface area contributed by atoms with Gasteiger partial charge >= 0.3 is 13.8 Å². The van der Waals surface area contributed by atoms with Crippen molar-refractivity contribution in [1.82, 2.24) is 0 Å². The summed E-state index contributed by atoms with van der Waals surface area (Å²) in [5.41, 5.74) is 0. The van der Waals surface area contributed by atoms with E-state index in [1.807, 2.05) is 21.1 Å². The summed E-state index contributed by atoms with van der Waals surface area (Å²) >= 11 is 0. The van der Waals surface area contributed by atoms with E-state index in [2.05, 4.69) is 31.2 Å². The summed E-state index contributed by atoms with van der Waals surface area (Å²) in [5, 5.41) is 9.38. The van der Waals surface area contributed by atoms with Crippen LogP contribution in [0.5, 0.6) is 0 Å². The monoisotopic (exact) mass is 520 g/mol. The van der Waals surface area contributed by atoms with E-state index in [0.29, 0.717) is 17.4 Å². The largest absolute Gasteiger partial charge is 0.472 e. The zero-order valence-electron chi connectivity index (χ0n) is 22.5. The molecule has 0 bridgehead atoms. The molecule has 0 saturated carbocycles. The number of hydrogen-bond donors (Lipinski definition) is 2. The smallest absolute Gasteiger partial charge is 0.457 e. The Balaban J connectivity index is 3.80. The van der Waals surface area contributed by atoms with Crippen LogP contribution in [0.1, 0.15) is 84.0 Å². The van der Waals surface area contributed by atoms with Crippen molar-refractivity contribution >= 4 is 13.8 Å². The van der Waals surface area contributed by atoms with Gasteiger partial charge < -0.3 is 19.2 Å². The Labute approximate surface area is 213 Å². The number of unbranched alkanes of at least 4 members (excludes halogenated alkanes) is 8. The first-order valence-corrected chi connectivity index (χ1v) is 14.6. The number of rotatable bonds is 23. The fourth-order valence-corrected chi connectivity index (χ4v) is 3.84. The quantitative estimate of drug-likeness (QED) is 0.0599. The van der Waals surface area contributed by atoms with Crippen LogP contribution in [0.4, 0.5) is 0 Å². The van der Waals surface area contributed by atoms with E-state index in [-0.39, 0.29) is 13.0 Å². The molecule has 0 saturated heterocycles. The molecule has 0 radical (unpaired) electrons. The maximum absolute atomic E-state index is 12.0. The van der Waals surface area contributed by atoms with E-state index >= 15 is 0 Å². The van der Waals surface area contributed by atoms with Gasteiger partial charge in [0.2, 0.25) is 0 Å². The summed E-state index contributed by atoms with van der Waals surface area (Å²) in [6.45, 7) is 1.90. The Hall–Kier alpha value is -1.02. The second-order valence-electron chi connectivity index (χ2n) is 9.89. The van der Waals surface area contributed by atoms with Gasteiger partial charge in [0.15, 0.2) is 0 Å². The Kier molecular flexibility index (Phi) is 20.5. The van der Waals surface area contributed by atoms with Crippen molar-refractivity contribution in [2.45, 2.75) is 90.1 Å². The van der Waals surface area contributed by atoms with Crippen LogP contribution in [0.2, 0.25) is 0 Å². The zero-order chi connectivity index (χ0) is 26.4. The number of phosphoric ester groups is 1. The number of aliphatic hydroxyl groups excluding tert-OH is 1. The first kappa shape index (κ1) is 34.0. The van der Waals surface area contributed by atoms with Crippen molar-refractivity contribution < 1.29 is 37.6 Å². The molecule has 35 heavy (non-hydrogen) atoms. The molecule has 0 rings (SSSR count). The Morgan fingerprint density at radius 1 is 0.914 bits per heavy atom. The van der Waals surface area contributed by atoms with E-state index in [9.17, 15) is 19.4 Å². The third-order valence-corrected chi connectivity index (χ3v) is 6.26. The molecule has 0 aromatic carbocycles. The molecule has 9 heteroatoms. The number of hydrogen-bond acceptors (Lipinski definition) is 6. The maximum atomic E-state index is 12.0. The fraction of sp³-hybridized carbons (Fsp3) is 0.808. The molecule has 0 amide bonds. The highest BCUT2D eigenvalue weighted by atomic mass is 31.2. The lowest BCUT2D eigenvalue weighted by atomic mass is 10.1. The van der Waals surface area contributed by atoms with Gasteiger partial charge in [0.05, 0.1) is 34.4 Å². The van der Waals surface area contributed by atoms with Gasteiger partial charge in [0, 0.05) is 6.42 Å². The van der Waals surface area contributed by atoms with Crippen molar-refractivity contribution in [3.05, 3.63) is 24.3 Å². The van der Waals surface area contributed by atoms with E-state index < -0.39 is 33.1 Å². The van der Waals surface area contributed by atoms with Crippen LogP contribution in [0.25, 0.3) is 0 Å². The zero-order valence-corrected chi connectivity index (χ0v) is 23.4. The SMILES string of the molecule is CCCCC/C=C/C/C=C/CCCCCCCC(=O)O[C@H](CO)COP(=O)(O)OCC[N+](C)(C)C. The molecule has 2 N–H and O–H groups in total. The molecule has 1 unspecified atom stereocenters. The van der Waals surface area contributed by atoms with Gasteiger partial charge in [-0.2, -0.15) is 0 Å². The number of likely N-dealkylation sites (N-methyl/N-ethyl adjacent to an activating group) is 1. The van der Waals surface area contributed by atoms with Crippen molar-refractivity contribution in [3.63, 3.8) is 0 Å². The molecule has 0 aliphatic rings. The number of phosphoric acid groups is 1. The van der Waals surface area contributed by atoms with Crippen LogP contribution in [-0.4, -0.2) is 74.1 Å². The molecule has 206 valence electrons. The van der Waals surface area contributed by atoms with Crippen molar-refractivity contribution in [2.75, 3.05) is 47.5 Å². The van der Waals surface area contributed by atoms with Crippen LogP contribution < -0.4 is 0 Å². The predicted octanol–water partition coefficient (Wildman–Crippen LogP) is 5.54. The predicted molar refractivity (Wildman–Crippen MR) is 141 cm³/mol. The van der Waals surface area contributed by atoms with Crippen LogP contribution in [0.15, 0.2) is 24.3 Å². The lowest BCUT2D eigenvalue weighted by Gasteiger charge is -2.24. The van der Waals surface area contributed by atoms with Gasteiger partial charge in [-0.1, -0.05) is 63.3 Å². The van der Waals surface area contributed by atoms with Crippen LogP contribution in [-0.2, 0) is 23.1 Å². The first-order chi connectivity index (χ1) is 16.6. The second-order valence-corrected chi connectivity index (χ2v) is 11.3. The topological polar surface area (TPSA) is 102 Å². The van der Waals surface area contributed by atoms with Gasteiger partial charge in [0.1, 0.15) is 19.3 Å². The number of carbonyl (C=O) groups excluding carboxylic acids is 1. The number of aliphatic hydroxyl groups is 1. The number of carbonyl (C=O) groups is 1. The van der Waals surface area contributed by atoms with Crippen LogP contribution >= 0.6 is 7.82 Å². The lowest BCUT2D eigenvalue weighted by Crippen LogP contribution is -2.37. The summed E-state index contributed by atoms with van der Waals surface area (Å²) in [4.78, 5) is 21.7. The van der Waals surface area contributed by atoms with Gasteiger partial charge in [-0.25, -0.2) is 4.57 Å². The fourth-order valence-electron chi connectivity index (χ4n) is 3.09. The van der Waals surface area contributed by atoms with E-state index in [4.69, 9.17) is 13.8 Å². The van der Waals surface area contributed by atoms with E-state index in [1.165, 1.54) is 25.7 Å². The number of ether oxygens (including phenoxy) is 1. The maximum Gasteiger partial charge on any atom is 0.472 e. The molecule has 2 atom stereocenters. The van der Waals surface area contributed by atoms with Gasteiger partial charge in [0.25, 0.3) is 0 Å². The van der Waals surface area contributed by atoms with Crippen LogP contribution in [0.3, 0.4) is 0 Å². The summed E-state index contributed by atoms with van der Waals surface area (Å²) in [6.07, 6.45) is 20.3. The molecular formula is C26H51NO7P+. The average Bonchev–Trinajstić information content (AvgIpc) is 2.78. The molecule has 8 nitrogen and oxygen atoms in total. The first-order valence-electron chi connectivity index (χ1n) is 13.1. The van der Waals surface area contributed by atoms with Crippen molar-refractivity contribution in [3.8, 4) is 0 Å². The molecule has 0 fully saturated rings. The van der Waals surface area contributed by atoms with Crippen molar-refractivity contribution in [2.24, 2.45) is 0 Å². The summed E-state index contributed by atoms with van der Waals surface area (Å²) in [6, 6.07) is 0. The molecule has 0 heterocycles. The van der Waals surface area contributed by atoms with E-state index in [0.717, 1.165) is 38.5 Å². The molecular weight excluding hydrogens is 469 g/mol. The van der Waals surface area contributed by atoms with Gasteiger partial charge in [-0.05, 0) is 38.5 Å². The molecule has 0 aromatic rings. The normalized spacial score (nSPS) is 15.0. The van der Waals surface area contributed by atoms with Gasteiger partial charge in [-0.15, -0.1) is 0 Å². The van der Waals surface area contributed by atoms with Gasteiger partial charge in [-0.3, -0.25) is 13.8 Å². The Morgan fingerprint density at radius 3 is 2.11 bits per heavy atom. The summed E-state index contributed by atoms with van der Waals surface area (Å²) in [7, 11) is 1.53. The highest BCUT2D eigenvalue weighted by Crippen LogP contribution is 2.43. The molecule has 0 aliphatic carbocycles. The average molecular weight is 521 g/mol. The Morgan fingerprint density at radius 2 is 1.51 bits per heavy atom. The minimum absolute atomic E-state index is 0.0493. The highest BCUT2D eigenvalue weighted by Gasteiger charge is 2.25. The highest BCUT2D eigenvalue weighted by molar-refractivity contribution is 7.47. The molecule has 0 spiro atoms. The van der Waals surface area contributed by atoms with Crippen LogP contribution in [0, 0.1) is 0 Å². The minimum Gasteiger partial charge on any atom is -0.457 e. The second kappa shape index (κ2) is 21.1. The third-order valence-electron chi connectivity index (χ3n) is 5.27. The summed E-state index contributed by atoms with van der Waals surface area (Å²) < 4.78 is 27.4. The van der Waals surface area contributed by atoms with Crippen molar-refractivity contribution in [1.29, 1.82) is 0 Å². The Bertz CT molecular complexity index is 632. The number of allylic oxidation sites excluding steroid dienone is 4. The molecule has 0 aliphatic heterocycles. The number of quaternary nitrogens is 1. The minimum atomic E-state index is -4.26. The number of esters is 1. The summed E-state index contributed by atoms with van der Waals surface area (Å²) in [5.74, 6) is -0.447. The lowest BCUT2D eigenvalue weighted by molar-refractivity contribution is -0.870. The molecule has 0 aromatic heterocycles. The third kappa shape index (κ3) is 24.5. The van der Waals surface area contributed by atoms with E-state index in [1.54, 1.807) is 0 Å². The number of nitrogens with zero attached hydrogens (tertiary/aromatic N) is 1. The standard InChI is InChI=1S/C26H50NO7P/c1-5-6-7-8-9-10-11-12-13-14-15-16-17-18-19-20-26(29)34-25(23-28)24-33-35(30,31)32-22-21-27(2,3)4/h9-10,12-13,25,28H,5-8,11,14-24H2,1-4H3/p+1/b10-9+,13-12+/t25-/m1/s1.